The summed E-state index contributed by atoms with van der Waals surface area (Å²) >= 11 is 0. The lowest BCUT2D eigenvalue weighted by atomic mass is 9.90. The largest absolute Gasteiger partial charge is 0.396 e. The molecule has 0 aromatic heterocycles. The lowest BCUT2D eigenvalue weighted by Crippen LogP contribution is -2.12. The van der Waals surface area contributed by atoms with Gasteiger partial charge in [-0.3, -0.25) is 0 Å². The Morgan fingerprint density at radius 3 is 1.89 bits per heavy atom. The Labute approximate surface area is 219 Å². The molecule has 0 saturated heterocycles. The first-order valence-corrected chi connectivity index (χ1v) is 14.1. The maximum atomic E-state index is 9.36. The van der Waals surface area contributed by atoms with E-state index in [1.807, 2.05) is 0 Å². The molecule has 0 atom stereocenters. The lowest BCUT2D eigenvalue weighted by Gasteiger charge is -2.15. The number of aliphatic hydroxyl groups is 2. The topological polar surface area (TPSA) is 40.5 Å². The van der Waals surface area contributed by atoms with Crippen LogP contribution in [0.2, 0.25) is 0 Å². The second kappa shape index (κ2) is 15.0. The smallest absolute Gasteiger partial charge is 0.0481 e. The minimum Gasteiger partial charge on any atom is -0.396 e. The van der Waals surface area contributed by atoms with Crippen molar-refractivity contribution in [3.63, 3.8) is 0 Å². The van der Waals surface area contributed by atoms with Crippen LogP contribution >= 0.6 is 0 Å². The van der Waals surface area contributed by atoms with Gasteiger partial charge in [0.15, 0.2) is 0 Å². The van der Waals surface area contributed by atoms with Crippen molar-refractivity contribution < 1.29 is 10.2 Å². The molecule has 2 nitrogen and oxygen atoms in total. The van der Waals surface area contributed by atoms with Crippen LogP contribution < -0.4 is 0 Å². The predicted molar refractivity (Wildman–Crippen MR) is 154 cm³/mol. The van der Waals surface area contributed by atoms with E-state index in [0.29, 0.717) is 0 Å². The number of benzene rings is 3. The third-order valence-corrected chi connectivity index (χ3v) is 7.58. The van der Waals surface area contributed by atoms with Crippen molar-refractivity contribution in [2.45, 2.75) is 85.0 Å². The van der Waals surface area contributed by atoms with Gasteiger partial charge in [-0.15, -0.1) is 0 Å². The number of unbranched alkanes of at least 4 members (excludes halogenated alkanes) is 2. The Bertz CT molecular complexity index is 1050. The first-order chi connectivity index (χ1) is 17.6. The van der Waals surface area contributed by atoms with Gasteiger partial charge in [-0.25, -0.2) is 0 Å². The van der Waals surface area contributed by atoms with E-state index in [4.69, 9.17) is 0 Å². The standard InChI is InChI=1S/C34H46O2/c1-4-7-8-9-26-10-12-27(13-11-26)16-18-32-19-20-33(23-30(32)5-2)34-21-17-28(22-31(34)6-3)14-15-29(24-35)25-36/h10-13,17,19-23,29,35-36H,4-9,14-16,18,24-25H2,1-3H3. The van der Waals surface area contributed by atoms with Gasteiger partial charge in [0.25, 0.3) is 0 Å². The summed E-state index contributed by atoms with van der Waals surface area (Å²) in [4.78, 5) is 0. The zero-order chi connectivity index (χ0) is 25.8. The molecule has 3 rings (SSSR count). The molecule has 0 spiro atoms. The Balaban J connectivity index is 1.68. The summed E-state index contributed by atoms with van der Waals surface area (Å²) in [5.74, 6) is -0.0295. The maximum Gasteiger partial charge on any atom is 0.0481 e. The van der Waals surface area contributed by atoms with Crippen molar-refractivity contribution in [2.75, 3.05) is 13.2 Å². The molecule has 3 aromatic rings. The van der Waals surface area contributed by atoms with E-state index in [1.54, 1.807) is 0 Å². The molecule has 0 amide bonds. The molecule has 0 radical (unpaired) electrons. The highest BCUT2D eigenvalue weighted by molar-refractivity contribution is 5.69. The van der Waals surface area contributed by atoms with Crippen LogP contribution in [0.15, 0.2) is 60.7 Å². The van der Waals surface area contributed by atoms with Crippen molar-refractivity contribution in [3.8, 4) is 11.1 Å². The number of aliphatic hydroxyl groups excluding tert-OH is 2. The van der Waals surface area contributed by atoms with Crippen LogP contribution in [0.3, 0.4) is 0 Å². The Hall–Kier alpha value is -2.42. The fourth-order valence-corrected chi connectivity index (χ4v) is 5.08. The molecule has 2 heteroatoms. The zero-order valence-electron chi connectivity index (χ0n) is 22.7. The summed E-state index contributed by atoms with van der Waals surface area (Å²) in [6.45, 7) is 6.83. The summed E-state index contributed by atoms with van der Waals surface area (Å²) in [6, 6.07) is 23.1. The number of hydrogen-bond acceptors (Lipinski definition) is 2. The minimum atomic E-state index is -0.0295. The summed E-state index contributed by atoms with van der Waals surface area (Å²) in [7, 11) is 0. The molecule has 194 valence electrons. The van der Waals surface area contributed by atoms with Gasteiger partial charge in [0, 0.05) is 19.1 Å². The maximum absolute atomic E-state index is 9.36. The average molecular weight is 487 g/mol. The van der Waals surface area contributed by atoms with Crippen LogP contribution in [-0.4, -0.2) is 23.4 Å². The van der Waals surface area contributed by atoms with Crippen LogP contribution in [0.1, 0.15) is 79.8 Å². The van der Waals surface area contributed by atoms with Crippen LogP contribution in [0.4, 0.5) is 0 Å². The van der Waals surface area contributed by atoms with Gasteiger partial charge >= 0.3 is 0 Å². The quantitative estimate of drug-likeness (QED) is 0.218. The van der Waals surface area contributed by atoms with Crippen molar-refractivity contribution >= 4 is 0 Å². The normalized spacial score (nSPS) is 11.4. The van der Waals surface area contributed by atoms with E-state index in [1.165, 1.54) is 70.2 Å². The Morgan fingerprint density at radius 1 is 0.583 bits per heavy atom. The van der Waals surface area contributed by atoms with Gasteiger partial charge in [0.2, 0.25) is 0 Å². The molecule has 0 fully saturated rings. The van der Waals surface area contributed by atoms with E-state index in [2.05, 4.69) is 81.4 Å². The molecule has 0 saturated carbocycles. The Kier molecular flexibility index (Phi) is 11.7. The van der Waals surface area contributed by atoms with E-state index in [0.717, 1.165) is 38.5 Å². The molecule has 3 aromatic carbocycles. The van der Waals surface area contributed by atoms with Gasteiger partial charge < -0.3 is 10.2 Å². The molecule has 2 N–H and O–H groups in total. The van der Waals surface area contributed by atoms with Gasteiger partial charge in [-0.1, -0.05) is 94.3 Å². The number of rotatable bonds is 15. The monoisotopic (exact) mass is 486 g/mol. The summed E-state index contributed by atoms with van der Waals surface area (Å²) in [5, 5.41) is 18.7. The highest BCUT2D eigenvalue weighted by atomic mass is 16.3. The van der Waals surface area contributed by atoms with Crippen LogP contribution in [-0.2, 0) is 38.5 Å². The molecule has 0 aliphatic heterocycles. The van der Waals surface area contributed by atoms with Crippen LogP contribution in [0, 0.1) is 5.92 Å². The fraction of sp³-hybridized carbons (Fsp3) is 0.471. The highest BCUT2D eigenvalue weighted by Gasteiger charge is 2.11. The van der Waals surface area contributed by atoms with Crippen LogP contribution in [0.25, 0.3) is 11.1 Å². The SMILES string of the molecule is CCCCCc1ccc(CCc2ccc(-c3ccc(CCC(CO)CO)cc3CC)cc2CC)cc1. The van der Waals surface area contributed by atoms with E-state index < -0.39 is 0 Å². The molecule has 0 bridgehead atoms. The molecular weight excluding hydrogens is 440 g/mol. The second-order valence-electron chi connectivity index (χ2n) is 10.2. The third-order valence-electron chi connectivity index (χ3n) is 7.58. The summed E-state index contributed by atoms with van der Waals surface area (Å²) < 4.78 is 0. The van der Waals surface area contributed by atoms with Crippen LogP contribution in [0.5, 0.6) is 0 Å². The zero-order valence-corrected chi connectivity index (χ0v) is 22.7. The van der Waals surface area contributed by atoms with Crippen molar-refractivity contribution in [1.82, 2.24) is 0 Å². The fourth-order valence-electron chi connectivity index (χ4n) is 5.08. The summed E-state index contributed by atoms with van der Waals surface area (Å²) in [6.07, 6.45) is 11.0. The molecule has 0 aliphatic carbocycles. The van der Waals surface area contributed by atoms with E-state index in [9.17, 15) is 10.2 Å². The van der Waals surface area contributed by atoms with Crippen molar-refractivity contribution in [1.29, 1.82) is 0 Å². The van der Waals surface area contributed by atoms with Gasteiger partial charge in [0.1, 0.15) is 0 Å². The first kappa shape index (κ1) is 28.2. The Morgan fingerprint density at radius 2 is 1.25 bits per heavy atom. The van der Waals surface area contributed by atoms with Gasteiger partial charge in [-0.2, -0.15) is 0 Å². The first-order valence-electron chi connectivity index (χ1n) is 14.1. The van der Waals surface area contributed by atoms with Crippen molar-refractivity contribution in [2.24, 2.45) is 5.92 Å². The molecule has 36 heavy (non-hydrogen) atoms. The van der Waals surface area contributed by atoms with Gasteiger partial charge in [0.05, 0.1) is 0 Å². The van der Waals surface area contributed by atoms with Gasteiger partial charge in [-0.05, 0) is 95.9 Å². The predicted octanol–water partition coefficient (Wildman–Crippen LogP) is 7.53. The van der Waals surface area contributed by atoms with Crippen molar-refractivity contribution in [3.05, 3.63) is 94.0 Å². The molecule has 0 aliphatic rings. The molecular formula is C34H46O2. The second-order valence-corrected chi connectivity index (χ2v) is 10.2. The molecule has 0 unspecified atom stereocenters. The van der Waals surface area contributed by atoms with E-state index in [-0.39, 0.29) is 19.1 Å². The molecule has 0 heterocycles. The number of hydrogen-bond donors (Lipinski definition) is 2. The lowest BCUT2D eigenvalue weighted by molar-refractivity contribution is 0.144. The summed E-state index contributed by atoms with van der Waals surface area (Å²) in [5.41, 5.74) is 11.1. The van der Waals surface area contributed by atoms with E-state index >= 15 is 0 Å². The minimum absolute atomic E-state index is 0.0295. The highest BCUT2D eigenvalue weighted by Crippen LogP contribution is 2.29. The average Bonchev–Trinajstić information content (AvgIpc) is 2.93. The number of aryl methyl sites for hydroxylation is 6. The third kappa shape index (κ3) is 8.05.